The Balaban J connectivity index is 2.31. The summed E-state index contributed by atoms with van der Waals surface area (Å²) in [6.45, 7) is 2.05. The van der Waals surface area contributed by atoms with Crippen molar-refractivity contribution in [3.63, 3.8) is 0 Å². The minimum atomic E-state index is -0.530. The normalized spacial score (nSPS) is 16.6. The minimum Gasteiger partial charge on any atom is -0.392 e. The van der Waals surface area contributed by atoms with Crippen molar-refractivity contribution in [2.24, 2.45) is 0 Å². The lowest BCUT2D eigenvalue weighted by Crippen LogP contribution is -2.34. The van der Waals surface area contributed by atoms with Gasteiger partial charge in [0.1, 0.15) is 0 Å². The van der Waals surface area contributed by atoms with Crippen molar-refractivity contribution in [3.8, 4) is 0 Å². The number of hydrogen-bond donors (Lipinski definition) is 1. The second-order valence-electron chi connectivity index (χ2n) is 4.34. The number of nitrogens with zero attached hydrogens (tertiary/aromatic N) is 3. The van der Waals surface area contributed by atoms with Crippen LogP contribution in [0.15, 0.2) is 18.3 Å². The SMILES string of the molecule is CC(O)CN(c1ncccc1[N+](=O)[O-])C1CC1. The summed E-state index contributed by atoms with van der Waals surface area (Å²) < 4.78 is 0. The second kappa shape index (κ2) is 4.67. The van der Waals surface area contributed by atoms with Crippen LogP contribution in [0, 0.1) is 10.1 Å². The highest BCUT2D eigenvalue weighted by Crippen LogP contribution is 2.35. The van der Waals surface area contributed by atoms with E-state index in [1.54, 1.807) is 19.2 Å². The van der Waals surface area contributed by atoms with E-state index in [1.165, 1.54) is 6.07 Å². The summed E-state index contributed by atoms with van der Waals surface area (Å²) in [7, 11) is 0. The molecule has 92 valence electrons. The van der Waals surface area contributed by atoms with Crippen molar-refractivity contribution in [3.05, 3.63) is 28.4 Å². The number of hydrogen-bond acceptors (Lipinski definition) is 5. The Labute approximate surface area is 99.0 Å². The summed E-state index contributed by atoms with van der Waals surface area (Å²) in [5.74, 6) is 0.362. The molecule has 0 aromatic carbocycles. The van der Waals surface area contributed by atoms with Gasteiger partial charge in [-0.05, 0) is 25.8 Å². The summed E-state index contributed by atoms with van der Waals surface area (Å²) in [6, 6.07) is 3.27. The van der Waals surface area contributed by atoms with Crippen LogP contribution in [-0.2, 0) is 0 Å². The predicted molar refractivity (Wildman–Crippen MR) is 62.9 cm³/mol. The molecule has 1 aliphatic carbocycles. The molecule has 1 heterocycles. The molecule has 6 heteroatoms. The first kappa shape index (κ1) is 11.8. The smallest absolute Gasteiger partial charge is 0.311 e. The minimum absolute atomic E-state index is 0.0000463. The molecule has 1 atom stereocenters. The lowest BCUT2D eigenvalue weighted by molar-refractivity contribution is -0.384. The topological polar surface area (TPSA) is 79.5 Å². The maximum Gasteiger partial charge on any atom is 0.311 e. The van der Waals surface area contributed by atoms with E-state index in [-0.39, 0.29) is 11.7 Å². The number of pyridine rings is 1. The number of anilines is 1. The molecule has 1 fully saturated rings. The van der Waals surface area contributed by atoms with E-state index >= 15 is 0 Å². The van der Waals surface area contributed by atoms with Gasteiger partial charge in [0, 0.05) is 24.8 Å². The van der Waals surface area contributed by atoms with Crippen LogP contribution in [-0.4, -0.2) is 33.7 Å². The summed E-state index contributed by atoms with van der Waals surface area (Å²) in [4.78, 5) is 16.4. The van der Waals surface area contributed by atoms with Crippen LogP contribution in [0.1, 0.15) is 19.8 Å². The van der Waals surface area contributed by atoms with Crippen molar-refractivity contribution in [2.45, 2.75) is 31.9 Å². The van der Waals surface area contributed by atoms with Crippen LogP contribution in [0.25, 0.3) is 0 Å². The molecule has 0 bridgehead atoms. The Kier molecular flexibility index (Phi) is 3.23. The first-order valence-corrected chi connectivity index (χ1v) is 5.63. The number of nitro groups is 1. The molecule has 0 saturated heterocycles. The number of aliphatic hydroxyl groups excluding tert-OH is 1. The van der Waals surface area contributed by atoms with Gasteiger partial charge in [-0.2, -0.15) is 0 Å². The first-order chi connectivity index (χ1) is 8.09. The standard InChI is InChI=1S/C11H15N3O3/c1-8(15)7-13(9-4-5-9)11-10(14(16)17)3-2-6-12-11/h2-3,6,8-9,15H,4-5,7H2,1H3. The lowest BCUT2D eigenvalue weighted by atomic mass is 10.3. The molecule has 17 heavy (non-hydrogen) atoms. The average molecular weight is 237 g/mol. The van der Waals surface area contributed by atoms with E-state index in [9.17, 15) is 15.2 Å². The fourth-order valence-electron chi connectivity index (χ4n) is 1.83. The summed E-state index contributed by atoms with van der Waals surface area (Å²) in [6.07, 6.45) is 3.01. The van der Waals surface area contributed by atoms with Gasteiger partial charge in [0.15, 0.2) is 0 Å². The Hall–Kier alpha value is -1.69. The summed E-state index contributed by atoms with van der Waals surface area (Å²) in [5.41, 5.74) is 0.0000463. The van der Waals surface area contributed by atoms with Crippen molar-refractivity contribution >= 4 is 11.5 Å². The third-order valence-electron chi connectivity index (χ3n) is 2.68. The van der Waals surface area contributed by atoms with Gasteiger partial charge in [-0.3, -0.25) is 10.1 Å². The molecule has 1 saturated carbocycles. The van der Waals surface area contributed by atoms with E-state index in [1.807, 2.05) is 4.90 Å². The molecule has 0 amide bonds. The molecule has 1 aromatic heterocycles. The highest BCUT2D eigenvalue weighted by atomic mass is 16.6. The molecular weight excluding hydrogens is 222 g/mol. The Bertz CT molecular complexity index is 418. The van der Waals surface area contributed by atoms with Gasteiger partial charge in [0.05, 0.1) is 11.0 Å². The molecule has 2 rings (SSSR count). The molecule has 0 aliphatic heterocycles. The summed E-state index contributed by atoms with van der Waals surface area (Å²) in [5, 5.41) is 20.4. The van der Waals surface area contributed by atoms with Gasteiger partial charge in [0.25, 0.3) is 0 Å². The monoisotopic (exact) mass is 237 g/mol. The second-order valence-corrected chi connectivity index (χ2v) is 4.34. The van der Waals surface area contributed by atoms with Gasteiger partial charge in [-0.25, -0.2) is 4.98 Å². The fraction of sp³-hybridized carbons (Fsp3) is 0.545. The predicted octanol–water partition coefficient (Wildman–Crippen LogP) is 1.34. The number of aliphatic hydroxyl groups is 1. The van der Waals surface area contributed by atoms with E-state index < -0.39 is 11.0 Å². The van der Waals surface area contributed by atoms with Crippen molar-refractivity contribution < 1.29 is 10.0 Å². The zero-order valence-electron chi connectivity index (χ0n) is 9.61. The maximum atomic E-state index is 10.9. The van der Waals surface area contributed by atoms with Gasteiger partial charge < -0.3 is 10.0 Å². The first-order valence-electron chi connectivity index (χ1n) is 5.63. The lowest BCUT2D eigenvalue weighted by Gasteiger charge is -2.24. The molecule has 1 unspecified atom stereocenters. The van der Waals surface area contributed by atoms with Gasteiger partial charge in [-0.15, -0.1) is 0 Å². The van der Waals surface area contributed by atoms with Crippen LogP contribution in [0.5, 0.6) is 0 Å². The third-order valence-corrected chi connectivity index (χ3v) is 2.68. The van der Waals surface area contributed by atoms with Crippen LogP contribution >= 0.6 is 0 Å². The Morgan fingerprint density at radius 1 is 1.71 bits per heavy atom. The fourth-order valence-corrected chi connectivity index (χ4v) is 1.83. The van der Waals surface area contributed by atoms with E-state index in [4.69, 9.17) is 0 Å². The quantitative estimate of drug-likeness (QED) is 0.617. The molecule has 1 N–H and O–H groups in total. The maximum absolute atomic E-state index is 10.9. The molecule has 0 spiro atoms. The van der Waals surface area contributed by atoms with Crippen LogP contribution in [0.2, 0.25) is 0 Å². The highest BCUT2D eigenvalue weighted by Gasteiger charge is 2.34. The molecule has 1 aliphatic rings. The average Bonchev–Trinajstić information content (AvgIpc) is 3.09. The Morgan fingerprint density at radius 3 is 2.94 bits per heavy atom. The molecule has 6 nitrogen and oxygen atoms in total. The number of aromatic nitrogens is 1. The van der Waals surface area contributed by atoms with Gasteiger partial charge in [0.2, 0.25) is 5.82 Å². The van der Waals surface area contributed by atoms with Crippen LogP contribution < -0.4 is 4.90 Å². The zero-order valence-corrected chi connectivity index (χ0v) is 9.61. The molecular formula is C11H15N3O3. The molecule has 1 aromatic rings. The summed E-state index contributed by atoms with van der Waals surface area (Å²) >= 11 is 0. The van der Waals surface area contributed by atoms with Gasteiger partial charge >= 0.3 is 5.69 Å². The molecule has 0 radical (unpaired) electrons. The van der Waals surface area contributed by atoms with Crippen LogP contribution in [0.4, 0.5) is 11.5 Å². The van der Waals surface area contributed by atoms with E-state index in [0.717, 1.165) is 12.8 Å². The largest absolute Gasteiger partial charge is 0.392 e. The van der Waals surface area contributed by atoms with Crippen LogP contribution in [0.3, 0.4) is 0 Å². The van der Waals surface area contributed by atoms with E-state index in [0.29, 0.717) is 12.4 Å². The highest BCUT2D eigenvalue weighted by molar-refractivity contribution is 5.58. The Morgan fingerprint density at radius 2 is 2.41 bits per heavy atom. The third kappa shape index (κ3) is 2.71. The van der Waals surface area contributed by atoms with Crippen molar-refractivity contribution in [2.75, 3.05) is 11.4 Å². The number of rotatable bonds is 5. The zero-order chi connectivity index (χ0) is 12.4. The van der Waals surface area contributed by atoms with Crippen molar-refractivity contribution in [1.82, 2.24) is 4.98 Å². The van der Waals surface area contributed by atoms with E-state index in [2.05, 4.69) is 4.98 Å². The van der Waals surface area contributed by atoms with Crippen molar-refractivity contribution in [1.29, 1.82) is 0 Å². The van der Waals surface area contributed by atoms with Gasteiger partial charge in [-0.1, -0.05) is 0 Å².